The fourth-order valence-corrected chi connectivity index (χ4v) is 3.35. The normalized spacial score (nSPS) is 11.4. The summed E-state index contributed by atoms with van der Waals surface area (Å²) in [6.07, 6.45) is 8.68. The van der Waals surface area contributed by atoms with Crippen LogP contribution in [0.3, 0.4) is 0 Å². The molecule has 0 radical (unpaired) electrons. The van der Waals surface area contributed by atoms with E-state index in [1.54, 1.807) is 48.5 Å². The number of H-pyrrole nitrogens is 1. The van der Waals surface area contributed by atoms with Gasteiger partial charge in [-0.25, -0.2) is 14.8 Å². The molecular formula is C24H22N8O3. The van der Waals surface area contributed by atoms with Gasteiger partial charge >= 0.3 is 5.69 Å². The van der Waals surface area contributed by atoms with E-state index in [1.165, 1.54) is 12.4 Å². The first kappa shape index (κ1) is 23.2. The van der Waals surface area contributed by atoms with E-state index >= 15 is 0 Å². The van der Waals surface area contributed by atoms with Gasteiger partial charge in [0.05, 0.1) is 6.61 Å². The number of benzene rings is 2. The predicted octanol–water partition coefficient (Wildman–Crippen LogP) is 1.19. The Kier molecular flexibility index (Phi) is 6.85. The molecule has 0 spiro atoms. The predicted molar refractivity (Wildman–Crippen MR) is 130 cm³/mol. The number of aliphatic hydroxyl groups excluding tert-OH is 1. The maximum Gasteiger partial charge on any atom is 0.350 e. The number of hydrogen-bond acceptors (Lipinski definition) is 8. The number of hydrogen-bond donors (Lipinski definition) is 5. The number of amidine groups is 1. The summed E-state index contributed by atoms with van der Waals surface area (Å²) < 4.78 is 6.65. The van der Waals surface area contributed by atoms with Crippen LogP contribution in [0.2, 0.25) is 0 Å². The lowest BCUT2D eigenvalue weighted by atomic mass is 10.0. The molecule has 1 atom stereocenters. The van der Waals surface area contributed by atoms with Crippen molar-refractivity contribution in [2.24, 2.45) is 5.73 Å². The minimum absolute atomic E-state index is 0.0496. The van der Waals surface area contributed by atoms with Gasteiger partial charge in [0.2, 0.25) is 0 Å². The highest BCUT2D eigenvalue weighted by Crippen LogP contribution is 2.28. The fourth-order valence-electron chi connectivity index (χ4n) is 3.35. The zero-order chi connectivity index (χ0) is 24.8. The van der Waals surface area contributed by atoms with Crippen molar-refractivity contribution in [2.75, 3.05) is 18.5 Å². The fraction of sp³-hybridized carbons (Fsp3) is 0.125. The van der Waals surface area contributed by atoms with Gasteiger partial charge < -0.3 is 20.9 Å². The molecule has 11 heteroatoms. The first-order valence-electron chi connectivity index (χ1n) is 10.5. The first-order chi connectivity index (χ1) is 17.0. The Morgan fingerprint density at radius 3 is 2.66 bits per heavy atom. The van der Waals surface area contributed by atoms with Crippen molar-refractivity contribution in [2.45, 2.75) is 6.04 Å². The molecule has 0 saturated heterocycles. The third-order valence-corrected chi connectivity index (χ3v) is 4.95. The number of nitrogen functional groups attached to an aromatic ring is 1. The first-order valence-corrected chi connectivity index (χ1v) is 10.5. The number of aromatic nitrogens is 5. The number of nitrogens with zero attached hydrogens (tertiary/aromatic N) is 4. The molecule has 11 nitrogen and oxygen atoms in total. The maximum absolute atomic E-state index is 12.7. The third kappa shape index (κ3) is 5.35. The Morgan fingerprint density at radius 1 is 1.26 bits per heavy atom. The molecule has 0 saturated carbocycles. The van der Waals surface area contributed by atoms with Gasteiger partial charge in [-0.2, -0.15) is 0 Å². The van der Waals surface area contributed by atoms with Gasteiger partial charge in [-0.1, -0.05) is 5.92 Å². The van der Waals surface area contributed by atoms with Crippen molar-refractivity contribution < 1.29 is 9.84 Å². The van der Waals surface area contributed by atoms with E-state index in [-0.39, 0.29) is 30.8 Å². The summed E-state index contributed by atoms with van der Waals surface area (Å²) in [6, 6.07) is 13.1. The van der Waals surface area contributed by atoms with Crippen molar-refractivity contribution in [3.8, 4) is 24.0 Å². The monoisotopic (exact) mass is 470 g/mol. The van der Waals surface area contributed by atoms with Crippen molar-refractivity contribution in [3.05, 3.63) is 93.9 Å². The lowest BCUT2D eigenvalue weighted by Gasteiger charge is -2.20. The van der Waals surface area contributed by atoms with Crippen LogP contribution in [-0.4, -0.2) is 48.9 Å². The van der Waals surface area contributed by atoms with E-state index in [1.807, 2.05) is 0 Å². The minimum atomic E-state index is -0.666. The number of aliphatic hydroxyl groups is 1. The summed E-state index contributed by atoms with van der Waals surface area (Å²) >= 11 is 0. The summed E-state index contributed by atoms with van der Waals surface area (Å²) in [6.45, 7) is -0.0660. The van der Waals surface area contributed by atoms with Gasteiger partial charge in [0.25, 0.3) is 5.95 Å². The van der Waals surface area contributed by atoms with E-state index in [0.29, 0.717) is 28.1 Å². The quantitative estimate of drug-likeness (QED) is 0.138. The van der Waals surface area contributed by atoms with Crippen LogP contribution in [0.15, 0.2) is 65.7 Å². The van der Waals surface area contributed by atoms with Crippen LogP contribution in [0.4, 0.5) is 5.69 Å². The Hall–Kier alpha value is -4.95. The van der Waals surface area contributed by atoms with Crippen LogP contribution in [0, 0.1) is 17.8 Å². The average Bonchev–Trinajstić information content (AvgIpc) is 3.27. The van der Waals surface area contributed by atoms with Crippen molar-refractivity contribution in [1.29, 1.82) is 5.41 Å². The van der Waals surface area contributed by atoms with Gasteiger partial charge in [0, 0.05) is 29.2 Å². The van der Waals surface area contributed by atoms with Gasteiger partial charge in [-0.3, -0.25) is 10.4 Å². The second-order valence-corrected chi connectivity index (χ2v) is 7.35. The lowest BCUT2D eigenvalue weighted by molar-refractivity contribution is 0.201. The highest BCUT2D eigenvalue weighted by molar-refractivity contribution is 5.95. The molecule has 0 unspecified atom stereocenters. The molecule has 2 aromatic carbocycles. The van der Waals surface area contributed by atoms with E-state index in [4.69, 9.17) is 27.4 Å². The number of rotatable bonds is 9. The smallest absolute Gasteiger partial charge is 0.350 e. The Morgan fingerprint density at radius 2 is 2.00 bits per heavy atom. The zero-order valence-corrected chi connectivity index (χ0v) is 18.5. The average molecular weight is 470 g/mol. The number of terminal acetylenes is 1. The molecule has 4 aromatic rings. The molecule has 0 aliphatic carbocycles. The standard InChI is InChI=1S/C24H22N8O3/c1-2-15-12-17(14-19(13-15)35-11-10-33)20(29-18-6-4-16(5-7-18)21(25)26)22-30-24(34)32(31-22)23-27-8-3-9-28-23/h1,3-9,12-14,20,29,33H,10-11H2,(H3,25,26)(H,30,31,34)/t20-/m0/s1. The summed E-state index contributed by atoms with van der Waals surface area (Å²) in [5, 5.41) is 24.5. The second kappa shape index (κ2) is 10.3. The van der Waals surface area contributed by atoms with E-state index in [0.717, 1.165) is 4.68 Å². The van der Waals surface area contributed by atoms with Crippen LogP contribution in [0.1, 0.15) is 28.6 Å². The van der Waals surface area contributed by atoms with Gasteiger partial charge in [-0.05, 0) is 54.1 Å². The highest BCUT2D eigenvalue weighted by atomic mass is 16.5. The van der Waals surface area contributed by atoms with Crippen LogP contribution in [0.5, 0.6) is 5.75 Å². The van der Waals surface area contributed by atoms with E-state index < -0.39 is 11.7 Å². The molecular weight excluding hydrogens is 448 g/mol. The van der Waals surface area contributed by atoms with Gasteiger partial charge in [0.1, 0.15) is 24.2 Å². The van der Waals surface area contributed by atoms with Crippen LogP contribution in [0.25, 0.3) is 5.95 Å². The largest absolute Gasteiger partial charge is 0.491 e. The van der Waals surface area contributed by atoms with Crippen molar-refractivity contribution in [1.82, 2.24) is 24.7 Å². The SMILES string of the molecule is C#Cc1cc(OCCO)cc([C@H](Nc2ccc(C(=N)N)cc2)c2nn(-c3ncccn3)c(=O)[nH]2)c1. The molecule has 2 heterocycles. The van der Waals surface area contributed by atoms with Crippen LogP contribution < -0.4 is 21.5 Å². The lowest BCUT2D eigenvalue weighted by Crippen LogP contribution is -2.18. The number of aromatic amines is 1. The van der Waals surface area contributed by atoms with Gasteiger partial charge in [0.15, 0.2) is 5.82 Å². The number of nitrogens with one attached hydrogen (secondary N) is 3. The topological polar surface area (TPSA) is 168 Å². The number of ether oxygens (including phenoxy) is 1. The minimum Gasteiger partial charge on any atom is -0.491 e. The number of nitrogens with two attached hydrogens (primary N) is 1. The van der Waals surface area contributed by atoms with Crippen molar-refractivity contribution in [3.63, 3.8) is 0 Å². The molecule has 0 amide bonds. The molecule has 4 rings (SSSR count). The third-order valence-electron chi connectivity index (χ3n) is 4.95. The summed E-state index contributed by atoms with van der Waals surface area (Å²) in [5.74, 6) is 3.39. The molecule has 0 aliphatic rings. The maximum atomic E-state index is 12.7. The van der Waals surface area contributed by atoms with Gasteiger partial charge in [-0.15, -0.1) is 16.2 Å². The second-order valence-electron chi connectivity index (χ2n) is 7.35. The van der Waals surface area contributed by atoms with E-state index in [9.17, 15) is 4.79 Å². The Labute approximate surface area is 200 Å². The van der Waals surface area contributed by atoms with Crippen LogP contribution in [-0.2, 0) is 0 Å². The Bertz CT molecular complexity index is 1420. The summed E-state index contributed by atoms with van der Waals surface area (Å²) in [5.41, 5.74) is 7.48. The van der Waals surface area contributed by atoms with Crippen molar-refractivity contribution >= 4 is 11.5 Å². The molecule has 2 aromatic heterocycles. The molecule has 0 aliphatic heterocycles. The molecule has 176 valence electrons. The Balaban J connectivity index is 1.80. The molecule has 35 heavy (non-hydrogen) atoms. The highest BCUT2D eigenvalue weighted by Gasteiger charge is 2.22. The summed E-state index contributed by atoms with van der Waals surface area (Å²) in [7, 11) is 0. The summed E-state index contributed by atoms with van der Waals surface area (Å²) in [4.78, 5) is 23.6. The number of anilines is 1. The van der Waals surface area contributed by atoms with E-state index in [2.05, 4.69) is 31.3 Å². The molecule has 6 N–H and O–H groups in total. The van der Waals surface area contributed by atoms with Crippen LogP contribution >= 0.6 is 0 Å². The molecule has 0 fully saturated rings. The zero-order valence-electron chi connectivity index (χ0n) is 18.5. The molecule has 0 bridgehead atoms.